The highest BCUT2D eigenvalue weighted by molar-refractivity contribution is 6.33. The average Bonchev–Trinajstić information content (AvgIpc) is 2.63. The van der Waals surface area contributed by atoms with Crippen LogP contribution in [0.3, 0.4) is 0 Å². The van der Waals surface area contributed by atoms with Crippen molar-refractivity contribution in [1.29, 1.82) is 0 Å². The van der Waals surface area contributed by atoms with Gasteiger partial charge >= 0.3 is 6.18 Å². The second-order valence-electron chi connectivity index (χ2n) is 7.24. The summed E-state index contributed by atoms with van der Waals surface area (Å²) in [6, 6.07) is 11.2. The number of nitrogens with one attached hydrogen (secondary N) is 1. The molecule has 0 aliphatic carbocycles. The summed E-state index contributed by atoms with van der Waals surface area (Å²) in [6.45, 7) is 4.24. The highest BCUT2D eigenvalue weighted by Gasteiger charge is 2.32. The van der Waals surface area contributed by atoms with Gasteiger partial charge in [-0.15, -0.1) is 0 Å². The van der Waals surface area contributed by atoms with Gasteiger partial charge in [-0.05, 0) is 50.1 Å². The van der Waals surface area contributed by atoms with Crippen molar-refractivity contribution in [3.05, 3.63) is 64.2 Å². The van der Waals surface area contributed by atoms with E-state index in [1.165, 1.54) is 11.1 Å². The van der Waals surface area contributed by atoms with Gasteiger partial charge < -0.3 is 5.32 Å². The molecule has 1 unspecified atom stereocenters. The fraction of sp³-hybridized carbons (Fsp3) is 0.381. The maximum atomic E-state index is 12.9. The molecule has 0 aromatic heterocycles. The lowest BCUT2D eigenvalue weighted by molar-refractivity contribution is -0.137. The standard InChI is InChI=1S/C21H22ClF3N2O/c1-14-4-2-5-15(10-14)12-27-9-3-6-16(13-27)20(28)26-19-11-17(21(23,24)25)7-8-18(19)22/h2,4-5,7-8,10-11,16H,3,6,9,12-13H2,1H3,(H,26,28). The van der Waals surface area contributed by atoms with Gasteiger partial charge in [-0.1, -0.05) is 41.4 Å². The van der Waals surface area contributed by atoms with Gasteiger partial charge in [0.2, 0.25) is 5.91 Å². The summed E-state index contributed by atoms with van der Waals surface area (Å²) in [5, 5.41) is 2.68. The summed E-state index contributed by atoms with van der Waals surface area (Å²) < 4.78 is 38.7. The zero-order valence-electron chi connectivity index (χ0n) is 15.5. The minimum atomic E-state index is -4.49. The number of likely N-dealkylation sites (tertiary alicyclic amines) is 1. The van der Waals surface area contributed by atoms with E-state index in [0.717, 1.165) is 37.7 Å². The Morgan fingerprint density at radius 1 is 1.25 bits per heavy atom. The molecule has 3 rings (SSSR count). The molecule has 0 spiro atoms. The zero-order chi connectivity index (χ0) is 20.3. The Kier molecular flexibility index (Phi) is 6.30. The highest BCUT2D eigenvalue weighted by atomic mass is 35.5. The van der Waals surface area contributed by atoms with Gasteiger partial charge in [-0.25, -0.2) is 0 Å². The van der Waals surface area contributed by atoms with Crippen LogP contribution in [-0.2, 0) is 17.5 Å². The van der Waals surface area contributed by atoms with Crippen LogP contribution < -0.4 is 5.32 Å². The van der Waals surface area contributed by atoms with Crippen molar-refractivity contribution in [2.45, 2.75) is 32.5 Å². The SMILES string of the molecule is Cc1cccc(CN2CCCC(C(=O)Nc3cc(C(F)(F)F)ccc3Cl)C2)c1. The molecule has 3 nitrogen and oxygen atoms in total. The fourth-order valence-electron chi connectivity index (χ4n) is 3.51. The first kappa shape index (κ1) is 20.7. The number of carbonyl (C=O) groups excluding carboxylic acids is 1. The first-order valence-electron chi connectivity index (χ1n) is 9.18. The van der Waals surface area contributed by atoms with E-state index in [9.17, 15) is 18.0 Å². The van der Waals surface area contributed by atoms with Crippen LogP contribution in [0.25, 0.3) is 0 Å². The van der Waals surface area contributed by atoms with Crippen molar-refractivity contribution < 1.29 is 18.0 Å². The molecule has 1 amide bonds. The molecule has 0 saturated carbocycles. The van der Waals surface area contributed by atoms with Gasteiger partial charge in [0.05, 0.1) is 22.2 Å². The number of benzene rings is 2. The third-order valence-electron chi connectivity index (χ3n) is 4.92. The van der Waals surface area contributed by atoms with Crippen molar-refractivity contribution in [1.82, 2.24) is 4.90 Å². The summed E-state index contributed by atoms with van der Waals surface area (Å²) >= 11 is 5.99. The van der Waals surface area contributed by atoms with E-state index in [2.05, 4.69) is 22.3 Å². The molecule has 1 atom stereocenters. The number of rotatable bonds is 4. The summed E-state index contributed by atoms with van der Waals surface area (Å²) in [6.07, 6.45) is -2.92. The molecule has 0 radical (unpaired) electrons. The van der Waals surface area contributed by atoms with Crippen LogP contribution in [0.1, 0.15) is 29.5 Å². The number of alkyl halides is 3. The first-order chi connectivity index (χ1) is 13.2. The van der Waals surface area contributed by atoms with Crippen LogP contribution in [0.15, 0.2) is 42.5 Å². The Morgan fingerprint density at radius 3 is 2.75 bits per heavy atom. The number of amides is 1. The predicted molar refractivity (Wildman–Crippen MR) is 104 cm³/mol. The van der Waals surface area contributed by atoms with Crippen molar-refractivity contribution in [3.8, 4) is 0 Å². The summed E-state index contributed by atoms with van der Waals surface area (Å²) in [4.78, 5) is 14.9. The largest absolute Gasteiger partial charge is 0.416 e. The van der Waals surface area contributed by atoms with E-state index in [0.29, 0.717) is 13.0 Å². The Bertz CT molecular complexity index is 854. The van der Waals surface area contributed by atoms with Crippen molar-refractivity contribution >= 4 is 23.2 Å². The van der Waals surface area contributed by atoms with Crippen LogP contribution in [0.4, 0.5) is 18.9 Å². The molecule has 2 aromatic rings. The van der Waals surface area contributed by atoms with Crippen LogP contribution in [0.2, 0.25) is 5.02 Å². The molecule has 2 aromatic carbocycles. The molecule has 1 aliphatic rings. The van der Waals surface area contributed by atoms with Gasteiger partial charge in [-0.3, -0.25) is 9.69 Å². The first-order valence-corrected chi connectivity index (χ1v) is 9.55. The van der Waals surface area contributed by atoms with E-state index >= 15 is 0 Å². The average molecular weight is 411 g/mol. The Balaban J connectivity index is 1.66. The summed E-state index contributed by atoms with van der Waals surface area (Å²) in [5.41, 5.74) is 1.53. The smallest absolute Gasteiger partial charge is 0.324 e. The lowest BCUT2D eigenvalue weighted by Crippen LogP contribution is -2.40. The molecule has 28 heavy (non-hydrogen) atoms. The summed E-state index contributed by atoms with van der Waals surface area (Å²) in [7, 11) is 0. The van der Waals surface area contributed by atoms with Gasteiger partial charge in [0.25, 0.3) is 0 Å². The monoisotopic (exact) mass is 410 g/mol. The molecule has 150 valence electrons. The normalized spacial score (nSPS) is 18.1. The number of nitrogens with zero attached hydrogens (tertiary/aromatic N) is 1. The van der Waals surface area contributed by atoms with Gasteiger partial charge in [-0.2, -0.15) is 13.2 Å². The van der Waals surface area contributed by atoms with Crippen LogP contribution in [0, 0.1) is 12.8 Å². The van der Waals surface area contributed by atoms with E-state index in [1.807, 2.05) is 19.1 Å². The molecular weight excluding hydrogens is 389 g/mol. The lowest BCUT2D eigenvalue weighted by atomic mass is 9.96. The van der Waals surface area contributed by atoms with Crippen molar-refractivity contribution in [3.63, 3.8) is 0 Å². The van der Waals surface area contributed by atoms with Crippen LogP contribution in [0.5, 0.6) is 0 Å². The van der Waals surface area contributed by atoms with E-state index < -0.39 is 11.7 Å². The Labute approximate surface area is 167 Å². The number of carbonyl (C=O) groups is 1. The number of anilines is 1. The second-order valence-corrected chi connectivity index (χ2v) is 7.65. The minimum absolute atomic E-state index is 0.00250. The van der Waals surface area contributed by atoms with Crippen molar-refractivity contribution in [2.75, 3.05) is 18.4 Å². The van der Waals surface area contributed by atoms with Gasteiger partial charge in [0, 0.05) is 13.1 Å². The minimum Gasteiger partial charge on any atom is -0.324 e. The number of hydrogen-bond acceptors (Lipinski definition) is 2. The van der Waals surface area contributed by atoms with Gasteiger partial charge in [0.15, 0.2) is 0 Å². The third-order valence-corrected chi connectivity index (χ3v) is 5.25. The predicted octanol–water partition coefficient (Wildman–Crippen LogP) is 5.52. The zero-order valence-corrected chi connectivity index (χ0v) is 16.3. The molecular formula is C21H22ClF3N2O. The second kappa shape index (κ2) is 8.53. The number of hydrogen-bond donors (Lipinski definition) is 1. The Morgan fingerprint density at radius 2 is 2.04 bits per heavy atom. The summed E-state index contributed by atoms with van der Waals surface area (Å²) in [5.74, 6) is -0.584. The van der Waals surface area contributed by atoms with Crippen LogP contribution >= 0.6 is 11.6 Å². The number of halogens is 4. The number of piperidine rings is 1. The van der Waals surface area contributed by atoms with Gasteiger partial charge in [0.1, 0.15) is 0 Å². The molecule has 7 heteroatoms. The molecule has 1 heterocycles. The molecule has 1 aliphatic heterocycles. The molecule has 1 fully saturated rings. The lowest BCUT2D eigenvalue weighted by Gasteiger charge is -2.32. The molecule has 1 saturated heterocycles. The van der Waals surface area contributed by atoms with E-state index in [1.54, 1.807) is 0 Å². The fourth-order valence-corrected chi connectivity index (χ4v) is 3.68. The Hall–Kier alpha value is -2.05. The maximum Gasteiger partial charge on any atom is 0.416 e. The maximum absolute atomic E-state index is 12.9. The van der Waals surface area contributed by atoms with E-state index in [-0.39, 0.29) is 22.5 Å². The highest BCUT2D eigenvalue weighted by Crippen LogP contribution is 2.34. The third kappa shape index (κ3) is 5.26. The quantitative estimate of drug-likeness (QED) is 0.720. The van der Waals surface area contributed by atoms with E-state index in [4.69, 9.17) is 11.6 Å². The van der Waals surface area contributed by atoms with Crippen LogP contribution in [-0.4, -0.2) is 23.9 Å². The van der Waals surface area contributed by atoms with Crippen molar-refractivity contribution in [2.24, 2.45) is 5.92 Å². The number of aryl methyl sites for hydroxylation is 1. The topological polar surface area (TPSA) is 32.3 Å². The molecule has 1 N–H and O–H groups in total. The molecule has 0 bridgehead atoms.